The molecular weight excluding hydrogens is 769 g/mol. The number of carbonyl (C=O) groups excluding carboxylic acids is 2. The van der Waals surface area contributed by atoms with Crippen LogP contribution in [0.5, 0.6) is 0 Å². The molecule has 0 aromatic rings. The van der Waals surface area contributed by atoms with Crippen molar-refractivity contribution in [2.24, 2.45) is 0 Å². The summed E-state index contributed by atoms with van der Waals surface area (Å²) < 4.78 is 26.8. The van der Waals surface area contributed by atoms with E-state index >= 15 is 0 Å². The number of ether oxygens (including phenoxy) is 1. The molecule has 0 fully saturated rings. The van der Waals surface area contributed by atoms with Crippen LogP contribution in [0, 0.1) is 0 Å². The first-order valence-electron chi connectivity index (χ1n) is 22.8. The molecule has 0 aromatic carbocycles. The average molecular weight is 852 g/mol. The van der Waals surface area contributed by atoms with Crippen molar-refractivity contribution in [2.75, 3.05) is 19.8 Å². The molecular formula is C47H82NO10P. The van der Waals surface area contributed by atoms with Crippen LogP contribution in [0.3, 0.4) is 0 Å². The van der Waals surface area contributed by atoms with E-state index < -0.39 is 57.6 Å². The van der Waals surface area contributed by atoms with Gasteiger partial charge in [-0.2, -0.15) is 0 Å². The number of esters is 1. The Morgan fingerprint density at radius 1 is 0.542 bits per heavy atom. The van der Waals surface area contributed by atoms with Crippen LogP contribution in [0.25, 0.3) is 0 Å². The minimum atomic E-state index is -4.77. The summed E-state index contributed by atoms with van der Waals surface area (Å²) >= 11 is 0. The van der Waals surface area contributed by atoms with Gasteiger partial charge in [0.1, 0.15) is 12.7 Å². The van der Waals surface area contributed by atoms with Crippen molar-refractivity contribution < 1.29 is 47.8 Å². The van der Waals surface area contributed by atoms with Gasteiger partial charge in [0.25, 0.3) is 0 Å². The van der Waals surface area contributed by atoms with Crippen molar-refractivity contribution in [3.05, 3.63) is 60.8 Å². The van der Waals surface area contributed by atoms with Crippen LogP contribution in [0.2, 0.25) is 0 Å². The molecule has 0 radical (unpaired) electrons. The van der Waals surface area contributed by atoms with Gasteiger partial charge >= 0.3 is 19.8 Å². The number of aliphatic hydroxyl groups excluding tert-OH is 1. The predicted molar refractivity (Wildman–Crippen MR) is 240 cm³/mol. The van der Waals surface area contributed by atoms with Crippen molar-refractivity contribution in [3.63, 3.8) is 0 Å². The molecule has 0 aromatic heterocycles. The number of phosphoric acid groups is 1. The molecule has 0 aliphatic rings. The number of hydrogen-bond donors (Lipinski definition) is 4. The number of phosphoric ester groups is 1. The fraction of sp³-hybridized carbons (Fsp3) is 0.723. The van der Waals surface area contributed by atoms with Gasteiger partial charge in [0.2, 0.25) is 5.91 Å². The molecule has 0 saturated heterocycles. The van der Waals surface area contributed by atoms with Gasteiger partial charge in [-0.3, -0.25) is 18.6 Å². The van der Waals surface area contributed by atoms with Crippen molar-refractivity contribution in [1.29, 1.82) is 0 Å². The zero-order valence-corrected chi connectivity index (χ0v) is 37.7. The Morgan fingerprint density at radius 2 is 0.932 bits per heavy atom. The first kappa shape index (κ1) is 56.2. The van der Waals surface area contributed by atoms with Crippen molar-refractivity contribution in [3.8, 4) is 0 Å². The van der Waals surface area contributed by atoms with Gasteiger partial charge in [0.15, 0.2) is 6.04 Å². The van der Waals surface area contributed by atoms with E-state index in [4.69, 9.17) is 13.8 Å². The molecule has 0 heterocycles. The third-order valence-corrected chi connectivity index (χ3v) is 10.5. The first-order chi connectivity index (χ1) is 28.6. The molecule has 0 saturated carbocycles. The fourth-order valence-electron chi connectivity index (χ4n) is 5.94. The highest BCUT2D eigenvalue weighted by atomic mass is 31.2. The fourth-order valence-corrected chi connectivity index (χ4v) is 6.71. The number of allylic oxidation sites excluding steroid dienone is 10. The van der Waals surface area contributed by atoms with Gasteiger partial charge in [-0.15, -0.1) is 0 Å². The molecule has 0 bridgehead atoms. The lowest BCUT2D eigenvalue weighted by atomic mass is 10.1. The standard InChI is InChI=1S/C47H82NO10P/c1-3-5-7-9-11-13-15-17-19-21-22-23-25-27-29-31-33-35-37-39-46(51)56-40-43(49)41-57-59(54,55)58-42-44(47(52)53)48-45(50)38-36-34-32-30-28-26-24-20-18-16-14-12-10-8-6-4-2/h11,13,17,19-20,22-24,27,29,43-44,49H,3-10,12,14-16,18,21,25-26,28,30-42H2,1-2H3,(H,48,50)(H,52,53)(H,54,55)/b13-11-,19-17-,23-22-,24-20-,29-27-. The minimum Gasteiger partial charge on any atom is -0.480 e. The number of aliphatic carboxylic acids is 1. The molecule has 3 atom stereocenters. The second kappa shape index (κ2) is 41.9. The molecule has 0 aliphatic heterocycles. The van der Waals surface area contributed by atoms with Gasteiger partial charge in [0, 0.05) is 12.8 Å². The summed E-state index contributed by atoms with van der Waals surface area (Å²) in [7, 11) is -4.77. The van der Waals surface area contributed by atoms with E-state index in [0.717, 1.165) is 77.0 Å². The second-order valence-electron chi connectivity index (χ2n) is 15.2. The number of carbonyl (C=O) groups is 3. The van der Waals surface area contributed by atoms with Gasteiger partial charge in [-0.1, -0.05) is 152 Å². The van der Waals surface area contributed by atoms with Crippen LogP contribution in [0.1, 0.15) is 187 Å². The van der Waals surface area contributed by atoms with E-state index in [0.29, 0.717) is 12.8 Å². The molecule has 0 spiro atoms. The smallest absolute Gasteiger partial charge is 0.472 e. The molecule has 0 rings (SSSR count). The van der Waals surface area contributed by atoms with Crippen LogP contribution in [0.4, 0.5) is 0 Å². The molecule has 340 valence electrons. The highest BCUT2D eigenvalue weighted by molar-refractivity contribution is 7.47. The SMILES string of the molecule is CCCCC/C=C\C/C=C\C/C=C\C/C=C\CCCCCC(=O)OCC(O)COP(=O)(O)OCC(NC(=O)CCCCCCC/C=C\CCCCCCCCC)C(=O)O. The normalized spacial score (nSPS) is 14.2. The Balaban J connectivity index is 3.96. The number of carboxylic acid groups (broad SMARTS) is 1. The largest absolute Gasteiger partial charge is 0.480 e. The van der Waals surface area contributed by atoms with E-state index in [1.54, 1.807) is 0 Å². The number of aliphatic hydroxyl groups is 1. The molecule has 4 N–H and O–H groups in total. The molecule has 3 unspecified atom stereocenters. The number of rotatable bonds is 42. The lowest BCUT2D eigenvalue weighted by molar-refractivity contribution is -0.147. The van der Waals surface area contributed by atoms with Crippen LogP contribution in [-0.2, 0) is 32.7 Å². The molecule has 12 heteroatoms. The highest BCUT2D eigenvalue weighted by Crippen LogP contribution is 2.43. The third kappa shape index (κ3) is 41.7. The summed E-state index contributed by atoms with van der Waals surface area (Å²) in [6.45, 7) is 2.52. The lowest BCUT2D eigenvalue weighted by Crippen LogP contribution is -2.43. The second-order valence-corrected chi connectivity index (χ2v) is 16.7. The Morgan fingerprint density at radius 3 is 1.46 bits per heavy atom. The number of amides is 1. The maximum atomic E-state index is 12.3. The summed E-state index contributed by atoms with van der Waals surface area (Å²) in [4.78, 5) is 45.9. The third-order valence-electron chi connectivity index (χ3n) is 9.53. The van der Waals surface area contributed by atoms with Crippen molar-refractivity contribution in [1.82, 2.24) is 5.32 Å². The Hall–Kier alpha value is -2.82. The minimum absolute atomic E-state index is 0.131. The molecule has 11 nitrogen and oxygen atoms in total. The average Bonchev–Trinajstić information content (AvgIpc) is 3.21. The number of hydrogen-bond acceptors (Lipinski definition) is 8. The predicted octanol–water partition coefficient (Wildman–Crippen LogP) is 11.9. The van der Waals surface area contributed by atoms with Crippen LogP contribution in [-0.4, -0.2) is 64.9 Å². The summed E-state index contributed by atoms with van der Waals surface area (Å²) in [6.07, 6.45) is 48.1. The maximum absolute atomic E-state index is 12.3. The van der Waals surface area contributed by atoms with Crippen molar-refractivity contribution in [2.45, 2.75) is 199 Å². The summed E-state index contributed by atoms with van der Waals surface area (Å²) in [6, 6.07) is -1.56. The van der Waals surface area contributed by atoms with Crippen molar-refractivity contribution >= 4 is 25.7 Å². The molecule has 1 amide bonds. The monoisotopic (exact) mass is 852 g/mol. The Bertz CT molecular complexity index is 1230. The van der Waals surface area contributed by atoms with E-state index in [1.165, 1.54) is 70.6 Å². The summed E-state index contributed by atoms with van der Waals surface area (Å²) in [5.41, 5.74) is 0. The first-order valence-corrected chi connectivity index (χ1v) is 24.3. The zero-order chi connectivity index (χ0) is 43.5. The number of carboxylic acids is 1. The van der Waals surface area contributed by atoms with Gasteiger partial charge in [-0.05, 0) is 83.5 Å². The van der Waals surface area contributed by atoms with Gasteiger partial charge in [-0.25, -0.2) is 9.36 Å². The van der Waals surface area contributed by atoms with Crippen LogP contribution in [0.15, 0.2) is 60.8 Å². The Kier molecular flexibility index (Phi) is 39.9. The van der Waals surface area contributed by atoms with E-state index in [-0.39, 0.29) is 12.8 Å². The molecule has 0 aliphatic carbocycles. The van der Waals surface area contributed by atoms with E-state index in [2.05, 4.69) is 79.9 Å². The highest BCUT2D eigenvalue weighted by Gasteiger charge is 2.28. The zero-order valence-electron chi connectivity index (χ0n) is 36.8. The van der Waals surface area contributed by atoms with E-state index in [1.807, 2.05) is 0 Å². The lowest BCUT2D eigenvalue weighted by Gasteiger charge is -2.18. The Labute approximate surface area is 357 Å². The quantitative estimate of drug-likeness (QED) is 0.0201. The summed E-state index contributed by atoms with van der Waals surface area (Å²) in [5, 5.41) is 21.8. The number of unbranched alkanes of at least 4 members (excludes halogenated alkanes) is 18. The summed E-state index contributed by atoms with van der Waals surface area (Å²) in [5.74, 6) is -2.42. The number of nitrogens with one attached hydrogen (secondary N) is 1. The maximum Gasteiger partial charge on any atom is 0.472 e. The van der Waals surface area contributed by atoms with Crippen LogP contribution >= 0.6 is 7.82 Å². The van der Waals surface area contributed by atoms with Gasteiger partial charge in [0.05, 0.1) is 13.2 Å². The topological polar surface area (TPSA) is 169 Å². The van der Waals surface area contributed by atoms with Gasteiger partial charge < -0.3 is 25.2 Å². The molecule has 59 heavy (non-hydrogen) atoms. The van der Waals surface area contributed by atoms with Crippen LogP contribution < -0.4 is 5.32 Å². The van der Waals surface area contributed by atoms with E-state index in [9.17, 15) is 34.1 Å².